The maximum atomic E-state index is 13.6. The number of rotatable bonds is 5. The van der Waals surface area contributed by atoms with Gasteiger partial charge in [-0.05, 0) is 89.0 Å². The summed E-state index contributed by atoms with van der Waals surface area (Å²) in [5, 5.41) is 0.765. The number of carbonyl (C=O) groups excluding carboxylic acids is 1. The third kappa shape index (κ3) is 4.83. The summed E-state index contributed by atoms with van der Waals surface area (Å²) in [7, 11) is 3.25. The monoisotopic (exact) mass is 562 g/mol. The van der Waals surface area contributed by atoms with E-state index in [2.05, 4.69) is 29.5 Å². The highest BCUT2D eigenvalue weighted by Crippen LogP contribution is 2.41. The number of aliphatic imine (C=N–C) groups is 1. The van der Waals surface area contributed by atoms with Gasteiger partial charge in [-0.25, -0.2) is 4.99 Å². The first-order valence-electron chi connectivity index (χ1n) is 10.8. The van der Waals surface area contributed by atoms with Gasteiger partial charge in [0.25, 0.3) is 5.91 Å². The summed E-state index contributed by atoms with van der Waals surface area (Å²) in [6.45, 7) is 2.25. The molecule has 5 nitrogen and oxygen atoms in total. The van der Waals surface area contributed by atoms with E-state index in [4.69, 9.17) is 14.5 Å². The van der Waals surface area contributed by atoms with Crippen molar-refractivity contribution in [3.8, 4) is 11.5 Å². The minimum absolute atomic E-state index is 0.0354. The molecule has 0 radical (unpaired) electrons. The molecule has 168 valence electrons. The summed E-state index contributed by atoms with van der Waals surface area (Å²) in [4.78, 5) is 21.1. The number of thioether (sulfide) groups is 1. The van der Waals surface area contributed by atoms with Crippen LogP contribution < -0.4 is 9.47 Å². The van der Waals surface area contributed by atoms with E-state index < -0.39 is 0 Å². The predicted octanol–water partition coefficient (Wildman–Crippen LogP) is 6.49. The smallest absolute Gasteiger partial charge is 0.267 e. The van der Waals surface area contributed by atoms with E-state index in [1.165, 1.54) is 18.2 Å². The molecule has 0 aromatic heterocycles. The molecule has 1 saturated carbocycles. The van der Waals surface area contributed by atoms with Crippen molar-refractivity contribution in [3.63, 3.8) is 0 Å². The Bertz CT molecular complexity index is 1050. The number of methoxy groups -OCH3 is 2. The Morgan fingerprint density at radius 2 is 1.88 bits per heavy atom. The molecule has 0 bridgehead atoms. The highest BCUT2D eigenvalue weighted by molar-refractivity contribution is 14.1. The van der Waals surface area contributed by atoms with Gasteiger partial charge < -0.3 is 9.47 Å². The Morgan fingerprint density at radius 3 is 2.56 bits per heavy atom. The van der Waals surface area contributed by atoms with Crippen LogP contribution in [-0.2, 0) is 4.79 Å². The Labute approximate surface area is 207 Å². The largest absolute Gasteiger partial charge is 0.493 e. The summed E-state index contributed by atoms with van der Waals surface area (Å²) >= 11 is 3.68. The van der Waals surface area contributed by atoms with Crippen LogP contribution in [0.4, 0.5) is 5.69 Å². The van der Waals surface area contributed by atoms with Crippen LogP contribution in [0.15, 0.2) is 52.4 Å². The van der Waals surface area contributed by atoms with Crippen molar-refractivity contribution in [2.75, 3.05) is 14.2 Å². The first-order valence-corrected chi connectivity index (χ1v) is 12.7. The van der Waals surface area contributed by atoms with Gasteiger partial charge >= 0.3 is 0 Å². The molecule has 1 saturated heterocycles. The minimum atomic E-state index is 0.0354. The fraction of sp³-hybridized carbons (Fsp3) is 0.360. The SMILES string of the molecule is COc1cc(/C=C2\SC(=Nc3ccccc3)N([C@@H]3CCCC[C@@H]3C)C2=O)cc(I)c1OC. The molecule has 1 aliphatic heterocycles. The average Bonchev–Trinajstić information content (AvgIpc) is 3.08. The summed E-state index contributed by atoms with van der Waals surface area (Å²) in [5.74, 6) is 1.84. The Hall–Kier alpha value is -2.00. The molecule has 7 heteroatoms. The maximum absolute atomic E-state index is 13.6. The number of nitrogens with zero attached hydrogens (tertiary/aromatic N) is 2. The molecule has 0 unspecified atom stereocenters. The normalized spacial score (nSPS) is 23.8. The number of hydrogen-bond donors (Lipinski definition) is 0. The number of amides is 1. The lowest BCUT2D eigenvalue weighted by atomic mass is 9.85. The Balaban J connectivity index is 1.74. The van der Waals surface area contributed by atoms with Gasteiger partial charge in [-0.2, -0.15) is 0 Å². The quantitative estimate of drug-likeness (QED) is 0.309. The average molecular weight is 562 g/mol. The molecule has 4 rings (SSSR count). The zero-order chi connectivity index (χ0) is 22.7. The van der Waals surface area contributed by atoms with E-state index in [0.717, 1.165) is 39.3 Å². The molecule has 2 fully saturated rings. The highest BCUT2D eigenvalue weighted by atomic mass is 127. The molecule has 2 atom stereocenters. The summed E-state index contributed by atoms with van der Waals surface area (Å²) in [6, 6.07) is 13.9. The second-order valence-electron chi connectivity index (χ2n) is 8.08. The van der Waals surface area contributed by atoms with E-state index in [9.17, 15) is 4.79 Å². The van der Waals surface area contributed by atoms with Gasteiger partial charge in [0.2, 0.25) is 0 Å². The molecule has 2 aromatic carbocycles. The van der Waals surface area contributed by atoms with Crippen LogP contribution in [0.25, 0.3) is 6.08 Å². The van der Waals surface area contributed by atoms with Gasteiger partial charge in [0.05, 0.1) is 28.4 Å². The number of para-hydroxylation sites is 1. The van der Waals surface area contributed by atoms with Crippen LogP contribution in [0.5, 0.6) is 11.5 Å². The first-order chi connectivity index (χ1) is 15.5. The third-order valence-corrected chi connectivity index (χ3v) is 7.75. The predicted molar refractivity (Wildman–Crippen MR) is 140 cm³/mol. The van der Waals surface area contributed by atoms with Crippen molar-refractivity contribution in [1.82, 2.24) is 4.90 Å². The fourth-order valence-corrected chi connectivity index (χ4v) is 6.21. The van der Waals surface area contributed by atoms with Crippen LogP contribution in [0.1, 0.15) is 38.2 Å². The van der Waals surface area contributed by atoms with E-state index in [1.807, 2.05) is 53.4 Å². The zero-order valence-electron chi connectivity index (χ0n) is 18.5. The van der Waals surface area contributed by atoms with Gasteiger partial charge in [0.15, 0.2) is 16.7 Å². The second-order valence-corrected chi connectivity index (χ2v) is 10.3. The number of carbonyl (C=O) groups is 1. The van der Waals surface area contributed by atoms with Crippen molar-refractivity contribution >= 4 is 57.2 Å². The summed E-state index contributed by atoms with van der Waals surface area (Å²) in [6.07, 6.45) is 6.47. The van der Waals surface area contributed by atoms with Crippen molar-refractivity contribution in [1.29, 1.82) is 0 Å². The lowest BCUT2D eigenvalue weighted by Crippen LogP contribution is -2.44. The highest BCUT2D eigenvalue weighted by Gasteiger charge is 2.41. The first kappa shape index (κ1) is 23.2. The topological polar surface area (TPSA) is 51.1 Å². The van der Waals surface area contributed by atoms with Gasteiger partial charge in [0, 0.05) is 6.04 Å². The van der Waals surface area contributed by atoms with Crippen LogP contribution in [0.3, 0.4) is 0 Å². The van der Waals surface area contributed by atoms with E-state index in [0.29, 0.717) is 22.3 Å². The standard InChI is InChI=1S/C25H27IN2O3S/c1-16-9-7-8-12-20(16)28-24(29)22(32-25(28)27-18-10-5-4-6-11-18)15-17-13-19(26)23(31-3)21(14-17)30-2/h4-6,10-11,13-16,20H,7-9,12H2,1-3H3/b22-15-,27-25?/t16-,20+/m0/s1. The number of halogens is 1. The Morgan fingerprint density at radius 1 is 1.12 bits per heavy atom. The molecule has 0 spiro atoms. The van der Waals surface area contributed by atoms with Gasteiger partial charge in [-0.15, -0.1) is 0 Å². The molecule has 2 aromatic rings. The van der Waals surface area contributed by atoms with E-state index in [-0.39, 0.29) is 11.9 Å². The fourth-order valence-electron chi connectivity index (χ4n) is 4.32. The minimum Gasteiger partial charge on any atom is -0.493 e. The van der Waals surface area contributed by atoms with Crippen LogP contribution >= 0.6 is 34.4 Å². The van der Waals surface area contributed by atoms with Crippen molar-refractivity contribution < 1.29 is 14.3 Å². The molecule has 1 aliphatic carbocycles. The van der Waals surface area contributed by atoms with Gasteiger partial charge in [-0.3, -0.25) is 9.69 Å². The zero-order valence-corrected chi connectivity index (χ0v) is 21.5. The maximum Gasteiger partial charge on any atom is 0.267 e. The molecule has 1 heterocycles. The van der Waals surface area contributed by atoms with Crippen LogP contribution in [0.2, 0.25) is 0 Å². The molecule has 32 heavy (non-hydrogen) atoms. The third-order valence-electron chi connectivity index (χ3n) is 5.97. The van der Waals surface area contributed by atoms with Crippen molar-refractivity contribution in [2.45, 2.75) is 38.6 Å². The van der Waals surface area contributed by atoms with Crippen LogP contribution in [-0.4, -0.2) is 36.2 Å². The van der Waals surface area contributed by atoms with E-state index in [1.54, 1.807) is 14.2 Å². The molecule has 0 N–H and O–H groups in total. The van der Waals surface area contributed by atoms with Gasteiger partial charge in [0.1, 0.15) is 0 Å². The molecular weight excluding hydrogens is 535 g/mol. The lowest BCUT2D eigenvalue weighted by molar-refractivity contribution is -0.124. The number of hydrogen-bond acceptors (Lipinski definition) is 5. The molecule has 1 amide bonds. The van der Waals surface area contributed by atoms with Gasteiger partial charge in [-0.1, -0.05) is 38.0 Å². The second kappa shape index (κ2) is 10.3. The number of benzene rings is 2. The lowest BCUT2D eigenvalue weighted by Gasteiger charge is -2.35. The van der Waals surface area contributed by atoms with E-state index >= 15 is 0 Å². The van der Waals surface area contributed by atoms with Crippen molar-refractivity contribution in [2.24, 2.45) is 10.9 Å². The summed E-state index contributed by atoms with van der Waals surface area (Å²) in [5.41, 5.74) is 1.76. The Kier molecular flexibility index (Phi) is 7.45. The van der Waals surface area contributed by atoms with Crippen molar-refractivity contribution in [3.05, 3.63) is 56.5 Å². The number of ether oxygens (including phenoxy) is 2. The summed E-state index contributed by atoms with van der Waals surface area (Å²) < 4.78 is 11.9. The van der Waals surface area contributed by atoms with Crippen LogP contribution in [0, 0.1) is 9.49 Å². The molecular formula is C25H27IN2O3S. The molecule has 2 aliphatic rings. The number of amidine groups is 1.